The van der Waals surface area contributed by atoms with Gasteiger partial charge >= 0.3 is 6.03 Å². The smallest absolute Gasteiger partial charge is 0.319 e. The number of ether oxygens (including phenoxy) is 1. The maximum absolute atomic E-state index is 13.4. The fourth-order valence-corrected chi connectivity index (χ4v) is 2.14. The highest BCUT2D eigenvalue weighted by molar-refractivity contribution is 5.89. The Bertz CT molecular complexity index is 701. The maximum atomic E-state index is 13.4. The van der Waals surface area contributed by atoms with Crippen LogP contribution in [0.5, 0.6) is 5.75 Å². The highest BCUT2D eigenvalue weighted by atomic mass is 19.1. The normalized spacial score (nSPS) is 10.3. The SMILES string of the molecule is Cc1cc(C)c(OCCNC(=O)Nc2ccccc2F)cc1C. The summed E-state index contributed by atoms with van der Waals surface area (Å²) < 4.78 is 19.1. The van der Waals surface area contributed by atoms with Gasteiger partial charge in [-0.3, -0.25) is 0 Å². The molecule has 0 saturated carbocycles. The second kappa shape index (κ2) is 7.63. The molecule has 2 rings (SSSR count). The van der Waals surface area contributed by atoms with Crippen molar-refractivity contribution in [3.63, 3.8) is 0 Å². The maximum Gasteiger partial charge on any atom is 0.319 e. The summed E-state index contributed by atoms with van der Waals surface area (Å²) in [4.78, 5) is 11.7. The van der Waals surface area contributed by atoms with Crippen LogP contribution < -0.4 is 15.4 Å². The van der Waals surface area contributed by atoms with Gasteiger partial charge in [0.05, 0.1) is 12.2 Å². The summed E-state index contributed by atoms with van der Waals surface area (Å²) in [5.41, 5.74) is 3.59. The van der Waals surface area contributed by atoms with Gasteiger partial charge in [-0.05, 0) is 55.7 Å². The quantitative estimate of drug-likeness (QED) is 0.821. The van der Waals surface area contributed by atoms with Crippen molar-refractivity contribution in [2.45, 2.75) is 20.8 Å². The van der Waals surface area contributed by atoms with Gasteiger partial charge in [-0.1, -0.05) is 18.2 Å². The second-order valence-electron chi connectivity index (χ2n) is 5.41. The average Bonchev–Trinajstić information content (AvgIpc) is 2.51. The molecule has 0 spiro atoms. The lowest BCUT2D eigenvalue weighted by Gasteiger charge is -2.12. The van der Waals surface area contributed by atoms with Crippen molar-refractivity contribution in [1.82, 2.24) is 5.32 Å². The zero-order valence-corrected chi connectivity index (χ0v) is 13.6. The van der Waals surface area contributed by atoms with Crippen LogP contribution >= 0.6 is 0 Å². The summed E-state index contributed by atoms with van der Waals surface area (Å²) in [6, 6.07) is 9.62. The van der Waals surface area contributed by atoms with Gasteiger partial charge in [0.15, 0.2) is 0 Å². The summed E-state index contributed by atoms with van der Waals surface area (Å²) in [6.45, 7) is 6.74. The van der Waals surface area contributed by atoms with Crippen molar-refractivity contribution in [2.24, 2.45) is 0 Å². The van der Waals surface area contributed by atoms with E-state index in [1.807, 2.05) is 19.9 Å². The number of nitrogens with one attached hydrogen (secondary N) is 2. The lowest BCUT2D eigenvalue weighted by atomic mass is 10.1. The number of carbonyl (C=O) groups excluding carboxylic acids is 1. The molecule has 2 aromatic carbocycles. The topological polar surface area (TPSA) is 50.4 Å². The van der Waals surface area contributed by atoms with Crippen molar-refractivity contribution in [3.05, 3.63) is 58.9 Å². The van der Waals surface area contributed by atoms with Crippen LogP contribution in [0.2, 0.25) is 0 Å². The summed E-state index contributed by atoms with van der Waals surface area (Å²) in [5.74, 6) is 0.342. The van der Waals surface area contributed by atoms with Crippen molar-refractivity contribution in [2.75, 3.05) is 18.5 Å². The number of rotatable bonds is 5. The van der Waals surface area contributed by atoms with Gasteiger partial charge in [0.1, 0.15) is 18.2 Å². The third kappa shape index (κ3) is 4.71. The monoisotopic (exact) mass is 316 g/mol. The standard InChI is InChI=1S/C18H21FN2O2/c1-12-10-14(3)17(11-13(12)2)23-9-8-20-18(22)21-16-7-5-4-6-15(16)19/h4-7,10-11H,8-9H2,1-3H3,(H2,20,21,22). The minimum Gasteiger partial charge on any atom is -0.491 e. The molecule has 0 bridgehead atoms. The number of urea groups is 1. The van der Waals surface area contributed by atoms with E-state index in [2.05, 4.69) is 23.6 Å². The Labute approximate surface area is 135 Å². The molecule has 0 aliphatic heterocycles. The van der Waals surface area contributed by atoms with Crippen LogP contribution in [0.3, 0.4) is 0 Å². The minimum atomic E-state index is -0.468. The van der Waals surface area contributed by atoms with Crippen LogP contribution in [0.1, 0.15) is 16.7 Å². The van der Waals surface area contributed by atoms with E-state index in [9.17, 15) is 9.18 Å². The summed E-state index contributed by atoms with van der Waals surface area (Å²) >= 11 is 0. The number of hydrogen-bond donors (Lipinski definition) is 2. The number of hydrogen-bond acceptors (Lipinski definition) is 2. The Morgan fingerprint density at radius 3 is 2.52 bits per heavy atom. The highest BCUT2D eigenvalue weighted by Crippen LogP contribution is 2.22. The van der Waals surface area contributed by atoms with Gasteiger partial charge in [0.2, 0.25) is 0 Å². The van der Waals surface area contributed by atoms with E-state index in [0.717, 1.165) is 16.9 Å². The molecule has 0 fully saturated rings. The molecule has 0 radical (unpaired) electrons. The van der Waals surface area contributed by atoms with Crippen LogP contribution in [-0.4, -0.2) is 19.2 Å². The second-order valence-corrected chi connectivity index (χ2v) is 5.41. The molecule has 0 unspecified atom stereocenters. The van der Waals surface area contributed by atoms with Crippen molar-refractivity contribution >= 4 is 11.7 Å². The molecule has 23 heavy (non-hydrogen) atoms. The molecule has 2 aromatic rings. The molecule has 0 aromatic heterocycles. The summed E-state index contributed by atoms with van der Waals surface area (Å²) in [7, 11) is 0. The largest absolute Gasteiger partial charge is 0.491 e. The highest BCUT2D eigenvalue weighted by Gasteiger charge is 2.06. The zero-order chi connectivity index (χ0) is 16.8. The molecular weight excluding hydrogens is 295 g/mol. The van der Waals surface area contributed by atoms with Crippen LogP contribution in [0.4, 0.5) is 14.9 Å². The number of anilines is 1. The van der Waals surface area contributed by atoms with E-state index in [1.165, 1.54) is 17.7 Å². The van der Waals surface area contributed by atoms with Gasteiger partial charge in [-0.25, -0.2) is 9.18 Å². The number of carbonyl (C=O) groups is 1. The van der Waals surface area contributed by atoms with E-state index < -0.39 is 11.8 Å². The van der Waals surface area contributed by atoms with Crippen LogP contribution in [0.15, 0.2) is 36.4 Å². The van der Waals surface area contributed by atoms with E-state index in [-0.39, 0.29) is 5.69 Å². The molecule has 0 heterocycles. The van der Waals surface area contributed by atoms with E-state index in [4.69, 9.17) is 4.74 Å². The first-order chi connectivity index (χ1) is 11.0. The van der Waals surface area contributed by atoms with Gasteiger partial charge in [-0.15, -0.1) is 0 Å². The van der Waals surface area contributed by atoms with Crippen molar-refractivity contribution < 1.29 is 13.9 Å². The van der Waals surface area contributed by atoms with Gasteiger partial charge in [-0.2, -0.15) is 0 Å². The predicted octanol–water partition coefficient (Wildman–Crippen LogP) is 3.95. The molecule has 0 saturated heterocycles. The number of amides is 2. The van der Waals surface area contributed by atoms with Gasteiger partial charge in [0, 0.05) is 0 Å². The molecule has 0 atom stereocenters. The number of benzene rings is 2. The first-order valence-electron chi connectivity index (χ1n) is 7.47. The van der Waals surface area contributed by atoms with E-state index >= 15 is 0 Å². The Kier molecular flexibility index (Phi) is 5.57. The molecule has 4 nitrogen and oxygen atoms in total. The average molecular weight is 316 g/mol. The first kappa shape index (κ1) is 16.8. The van der Waals surface area contributed by atoms with Crippen molar-refractivity contribution in [3.8, 4) is 5.75 Å². The fraction of sp³-hybridized carbons (Fsp3) is 0.278. The van der Waals surface area contributed by atoms with Crippen LogP contribution in [0, 0.1) is 26.6 Å². The molecule has 2 amide bonds. The lowest BCUT2D eigenvalue weighted by molar-refractivity contribution is 0.247. The number of para-hydroxylation sites is 1. The van der Waals surface area contributed by atoms with Crippen LogP contribution in [-0.2, 0) is 0 Å². The van der Waals surface area contributed by atoms with E-state index in [1.54, 1.807) is 12.1 Å². The lowest BCUT2D eigenvalue weighted by Crippen LogP contribution is -2.32. The summed E-state index contributed by atoms with van der Waals surface area (Å²) in [6.07, 6.45) is 0. The molecule has 5 heteroatoms. The molecular formula is C18H21FN2O2. The first-order valence-corrected chi connectivity index (χ1v) is 7.47. The molecule has 0 aliphatic carbocycles. The third-order valence-electron chi connectivity index (χ3n) is 3.56. The Morgan fingerprint density at radius 1 is 1.09 bits per heavy atom. The van der Waals surface area contributed by atoms with Gasteiger partial charge in [0.25, 0.3) is 0 Å². The number of aryl methyl sites for hydroxylation is 3. The van der Waals surface area contributed by atoms with E-state index in [0.29, 0.717) is 13.2 Å². The zero-order valence-electron chi connectivity index (χ0n) is 13.6. The molecule has 2 N–H and O–H groups in total. The third-order valence-corrected chi connectivity index (χ3v) is 3.56. The predicted molar refractivity (Wildman–Crippen MR) is 89.6 cm³/mol. The number of halogens is 1. The fourth-order valence-electron chi connectivity index (χ4n) is 2.14. The summed E-state index contributed by atoms with van der Waals surface area (Å²) in [5, 5.41) is 5.09. The molecule has 122 valence electrons. The minimum absolute atomic E-state index is 0.149. The Hall–Kier alpha value is -2.56. The van der Waals surface area contributed by atoms with Gasteiger partial charge < -0.3 is 15.4 Å². The molecule has 0 aliphatic rings. The van der Waals surface area contributed by atoms with Crippen molar-refractivity contribution in [1.29, 1.82) is 0 Å². The Morgan fingerprint density at radius 2 is 1.78 bits per heavy atom. The van der Waals surface area contributed by atoms with Crippen LogP contribution in [0.25, 0.3) is 0 Å². The Balaban J connectivity index is 1.78.